The first-order valence-corrected chi connectivity index (χ1v) is 21.2. The zero-order valence-corrected chi connectivity index (χ0v) is 35.1. The lowest BCUT2D eigenvalue weighted by atomic mass is 9.34. The van der Waals surface area contributed by atoms with Gasteiger partial charge in [0.05, 0.1) is 37.1 Å². The van der Waals surface area contributed by atoms with Gasteiger partial charge in [0.25, 0.3) is 0 Å². The van der Waals surface area contributed by atoms with Gasteiger partial charge >= 0.3 is 0 Å². The van der Waals surface area contributed by atoms with E-state index >= 15 is 0 Å². The summed E-state index contributed by atoms with van der Waals surface area (Å²) >= 11 is 0. The highest BCUT2D eigenvalue weighted by atomic mass is 17.1. The van der Waals surface area contributed by atoms with E-state index in [1.807, 2.05) is 20.8 Å². The Labute approximate surface area is 341 Å². The summed E-state index contributed by atoms with van der Waals surface area (Å²) in [4.78, 5) is 4.78. The van der Waals surface area contributed by atoms with E-state index in [4.69, 9.17) is 23.8 Å². The van der Waals surface area contributed by atoms with Crippen LogP contribution in [0.3, 0.4) is 0 Å². The standard InChI is InChI=1S/C42H72O16/c1-19(2)22(58-53)10-14-42(8,57-37-34(52)32(50)30(48)25(18-44)56-37)20-9-13-40(6)28(20)21(45)15-26-39(5)12-11-27(46)38(3,4)35(39)23(16-41(26,40)7)54-36-33(51)31(49)29(47)24(17-43)55-36/h20-37,43-53H,1,9-18H2,2-8H3. The van der Waals surface area contributed by atoms with Gasteiger partial charge < -0.3 is 70.0 Å². The molecular weight excluding hydrogens is 760 g/mol. The third-order valence-corrected chi connectivity index (χ3v) is 17.0. The summed E-state index contributed by atoms with van der Waals surface area (Å²) < 4.78 is 25.3. The van der Waals surface area contributed by atoms with Crippen molar-refractivity contribution < 1.29 is 80.2 Å². The minimum atomic E-state index is -1.67. The first-order chi connectivity index (χ1) is 27.0. The Balaban J connectivity index is 1.40. The van der Waals surface area contributed by atoms with Crippen LogP contribution < -0.4 is 0 Å². The molecule has 0 bridgehead atoms. The van der Waals surface area contributed by atoms with E-state index in [2.05, 4.69) is 27.4 Å². The van der Waals surface area contributed by atoms with Crippen molar-refractivity contribution in [3.05, 3.63) is 12.2 Å². The molecule has 0 aromatic carbocycles. The number of hydrogen-bond acceptors (Lipinski definition) is 16. The van der Waals surface area contributed by atoms with Crippen LogP contribution in [0.15, 0.2) is 12.2 Å². The molecule has 0 radical (unpaired) electrons. The van der Waals surface area contributed by atoms with Crippen LogP contribution in [-0.4, -0.2) is 161 Å². The second kappa shape index (κ2) is 16.7. The summed E-state index contributed by atoms with van der Waals surface area (Å²) in [7, 11) is 0. The summed E-state index contributed by atoms with van der Waals surface area (Å²) in [5, 5.41) is 119. The molecule has 16 heteroatoms. The molecule has 4 saturated carbocycles. The maximum absolute atomic E-state index is 12.6. The number of rotatable bonds is 12. The zero-order chi connectivity index (χ0) is 43.1. The van der Waals surface area contributed by atoms with Crippen molar-refractivity contribution in [3.63, 3.8) is 0 Å². The van der Waals surface area contributed by atoms with Crippen molar-refractivity contribution in [2.45, 2.75) is 191 Å². The minimum absolute atomic E-state index is 0.0605. The average molecular weight is 833 g/mol. The lowest BCUT2D eigenvalue weighted by Crippen LogP contribution is -2.71. The number of aliphatic hydroxyl groups excluding tert-OH is 10. The van der Waals surface area contributed by atoms with Gasteiger partial charge in [-0.25, -0.2) is 4.89 Å². The molecule has 58 heavy (non-hydrogen) atoms. The molecule has 22 unspecified atom stereocenters. The van der Waals surface area contributed by atoms with Gasteiger partial charge in [-0.1, -0.05) is 41.2 Å². The van der Waals surface area contributed by atoms with Gasteiger partial charge in [-0.05, 0) is 116 Å². The number of hydrogen-bond donors (Lipinski definition) is 11. The van der Waals surface area contributed by atoms with Crippen LogP contribution in [0.4, 0.5) is 0 Å². The quantitative estimate of drug-likeness (QED) is 0.0556. The molecule has 4 aliphatic carbocycles. The smallest absolute Gasteiger partial charge is 0.187 e. The van der Waals surface area contributed by atoms with Crippen LogP contribution >= 0.6 is 0 Å². The van der Waals surface area contributed by atoms with Crippen molar-refractivity contribution in [2.75, 3.05) is 13.2 Å². The highest BCUT2D eigenvalue weighted by Gasteiger charge is 2.74. The van der Waals surface area contributed by atoms with Crippen LogP contribution in [-0.2, 0) is 23.8 Å². The van der Waals surface area contributed by atoms with E-state index in [-0.39, 0.29) is 30.6 Å². The fourth-order valence-corrected chi connectivity index (χ4v) is 13.6. The monoisotopic (exact) mass is 832 g/mol. The van der Waals surface area contributed by atoms with Crippen LogP contribution in [0, 0.1) is 45.3 Å². The van der Waals surface area contributed by atoms with E-state index in [0.717, 1.165) is 0 Å². The molecule has 22 atom stereocenters. The second-order valence-electron chi connectivity index (χ2n) is 20.4. The number of ether oxygens (including phenoxy) is 4. The molecule has 11 N–H and O–H groups in total. The van der Waals surface area contributed by atoms with Gasteiger partial charge in [-0.2, -0.15) is 0 Å². The van der Waals surface area contributed by atoms with Gasteiger partial charge in [0.2, 0.25) is 0 Å². The Kier molecular flexibility index (Phi) is 13.4. The van der Waals surface area contributed by atoms with Gasteiger partial charge in [0.15, 0.2) is 12.6 Å². The maximum Gasteiger partial charge on any atom is 0.187 e. The third kappa shape index (κ3) is 7.35. The number of aliphatic hydroxyl groups is 10. The SMILES string of the molecule is C=C(C)C(CCC(C)(OC1OC(CO)C(O)C(O)C1O)C1CCC2(C)C1C(O)CC1C3(C)CCC(O)C(C)(C)C3C(OC3OC(CO)C(O)C(O)C3O)CC12C)OO. The zero-order valence-electron chi connectivity index (χ0n) is 35.1. The van der Waals surface area contributed by atoms with Crippen LogP contribution in [0.2, 0.25) is 0 Å². The topological polar surface area (TPSA) is 269 Å². The predicted octanol–water partition coefficient (Wildman–Crippen LogP) is 0.588. The molecule has 6 rings (SSSR count). The van der Waals surface area contributed by atoms with Crippen molar-refractivity contribution in [3.8, 4) is 0 Å². The van der Waals surface area contributed by atoms with E-state index in [9.17, 15) is 56.3 Å². The fraction of sp³-hybridized carbons (Fsp3) is 0.952. The predicted molar refractivity (Wildman–Crippen MR) is 205 cm³/mol. The largest absolute Gasteiger partial charge is 0.394 e. The molecule has 0 aromatic rings. The summed E-state index contributed by atoms with van der Waals surface area (Å²) in [6.07, 6.45) is -14.2. The van der Waals surface area contributed by atoms with Crippen LogP contribution in [0.25, 0.3) is 0 Å². The maximum atomic E-state index is 12.6. The van der Waals surface area contributed by atoms with Crippen molar-refractivity contribution >= 4 is 0 Å². The molecule has 0 aromatic heterocycles. The first kappa shape index (κ1) is 46.6. The normalized spacial score (nSPS) is 51.9. The van der Waals surface area contributed by atoms with Crippen molar-refractivity contribution in [1.82, 2.24) is 0 Å². The summed E-state index contributed by atoms with van der Waals surface area (Å²) in [6, 6.07) is 0. The molecule has 6 aliphatic rings. The second-order valence-corrected chi connectivity index (χ2v) is 20.4. The van der Waals surface area contributed by atoms with E-state index in [0.29, 0.717) is 44.1 Å². The first-order valence-electron chi connectivity index (χ1n) is 21.2. The molecule has 2 heterocycles. The Bertz CT molecular complexity index is 1450. The van der Waals surface area contributed by atoms with Gasteiger partial charge in [0.1, 0.15) is 54.9 Å². The van der Waals surface area contributed by atoms with E-state index in [1.54, 1.807) is 6.92 Å². The Hall–Kier alpha value is -0.900. The molecule has 2 saturated heterocycles. The molecule has 2 aliphatic heterocycles. The Morgan fingerprint density at radius 3 is 1.91 bits per heavy atom. The highest BCUT2D eigenvalue weighted by Crippen LogP contribution is 2.76. The van der Waals surface area contributed by atoms with Crippen LogP contribution in [0.5, 0.6) is 0 Å². The molecule has 16 nitrogen and oxygen atoms in total. The number of fused-ring (bicyclic) bond motifs is 5. The lowest BCUT2D eigenvalue weighted by Gasteiger charge is -2.72. The Morgan fingerprint density at radius 2 is 1.36 bits per heavy atom. The van der Waals surface area contributed by atoms with Crippen molar-refractivity contribution in [1.29, 1.82) is 0 Å². The summed E-state index contributed by atoms with van der Waals surface area (Å²) in [5.74, 6) is -1.15. The van der Waals surface area contributed by atoms with Crippen LogP contribution in [0.1, 0.15) is 99.8 Å². The average Bonchev–Trinajstić information content (AvgIpc) is 3.55. The third-order valence-electron chi connectivity index (χ3n) is 17.0. The Morgan fingerprint density at radius 1 is 0.793 bits per heavy atom. The highest BCUT2D eigenvalue weighted by molar-refractivity contribution is 5.22. The summed E-state index contributed by atoms with van der Waals surface area (Å²) in [5.41, 5.74) is -2.95. The van der Waals surface area contributed by atoms with E-state index in [1.165, 1.54) is 0 Å². The fourth-order valence-electron chi connectivity index (χ4n) is 13.6. The molecule has 0 spiro atoms. The van der Waals surface area contributed by atoms with Gasteiger partial charge in [-0.15, -0.1) is 0 Å². The lowest BCUT2D eigenvalue weighted by molar-refractivity contribution is -0.350. The molecule has 336 valence electrons. The van der Waals surface area contributed by atoms with Gasteiger partial charge in [-0.3, -0.25) is 5.26 Å². The molecular formula is C42H72O16. The molecule has 0 amide bonds. The van der Waals surface area contributed by atoms with Gasteiger partial charge in [0, 0.05) is 0 Å². The van der Waals surface area contributed by atoms with E-state index < -0.39 is 132 Å². The molecule has 6 fully saturated rings. The minimum Gasteiger partial charge on any atom is -0.394 e. The van der Waals surface area contributed by atoms with Crippen molar-refractivity contribution in [2.24, 2.45) is 45.3 Å². The summed E-state index contributed by atoms with van der Waals surface area (Å²) in [6.45, 7) is 16.9.